The molecule has 1 aromatic heterocycles. The van der Waals surface area contributed by atoms with E-state index in [2.05, 4.69) is 15.6 Å². The van der Waals surface area contributed by atoms with Gasteiger partial charge in [0.15, 0.2) is 0 Å². The molecule has 0 unspecified atom stereocenters. The second kappa shape index (κ2) is 4.61. The number of imidazole rings is 1. The largest absolute Gasteiger partial charge is 0.349 e. The molecule has 1 rings (SSSR count). The fraction of sp³-hybridized carbons (Fsp3) is 0.500. The summed E-state index contributed by atoms with van der Waals surface area (Å²) >= 11 is 0. The molecule has 1 heterocycles. The van der Waals surface area contributed by atoms with Crippen molar-refractivity contribution in [3.63, 3.8) is 0 Å². The van der Waals surface area contributed by atoms with Gasteiger partial charge in [-0.1, -0.05) is 0 Å². The Labute approximate surface area is 77.2 Å². The van der Waals surface area contributed by atoms with Crippen molar-refractivity contribution in [1.82, 2.24) is 20.2 Å². The SMILES string of the molecule is CNCCNC(=O)c1cn(C)cn1. The summed E-state index contributed by atoms with van der Waals surface area (Å²) in [6.07, 6.45) is 3.29. The topological polar surface area (TPSA) is 58.9 Å². The fourth-order valence-corrected chi connectivity index (χ4v) is 0.922. The van der Waals surface area contributed by atoms with Crippen LogP contribution < -0.4 is 10.6 Å². The standard InChI is InChI=1S/C8H14N4O/c1-9-3-4-10-8(13)7-5-12(2)6-11-7/h5-6,9H,3-4H2,1-2H3,(H,10,13). The van der Waals surface area contributed by atoms with Gasteiger partial charge in [-0.2, -0.15) is 0 Å². The zero-order valence-electron chi connectivity index (χ0n) is 7.87. The minimum Gasteiger partial charge on any atom is -0.349 e. The average Bonchev–Trinajstić information content (AvgIpc) is 2.52. The van der Waals surface area contributed by atoms with Crippen molar-refractivity contribution in [3.8, 4) is 0 Å². The van der Waals surface area contributed by atoms with Crippen LogP contribution in [0.1, 0.15) is 10.5 Å². The van der Waals surface area contributed by atoms with E-state index in [0.717, 1.165) is 6.54 Å². The van der Waals surface area contributed by atoms with Gasteiger partial charge in [-0.3, -0.25) is 4.79 Å². The van der Waals surface area contributed by atoms with Crippen LogP contribution in [0.15, 0.2) is 12.5 Å². The van der Waals surface area contributed by atoms with Gasteiger partial charge in [-0.05, 0) is 7.05 Å². The van der Waals surface area contributed by atoms with Gasteiger partial charge >= 0.3 is 0 Å². The molecule has 0 saturated heterocycles. The number of amides is 1. The predicted octanol–water partition coefficient (Wildman–Crippen LogP) is -0.631. The van der Waals surface area contributed by atoms with Crippen molar-refractivity contribution >= 4 is 5.91 Å². The summed E-state index contributed by atoms with van der Waals surface area (Å²) in [7, 11) is 3.67. The Morgan fingerprint density at radius 3 is 2.92 bits per heavy atom. The summed E-state index contributed by atoms with van der Waals surface area (Å²) in [6.45, 7) is 1.38. The summed E-state index contributed by atoms with van der Waals surface area (Å²) in [5, 5.41) is 5.68. The first kappa shape index (κ1) is 9.73. The van der Waals surface area contributed by atoms with Crippen LogP contribution in [0.4, 0.5) is 0 Å². The van der Waals surface area contributed by atoms with Crippen molar-refractivity contribution in [2.75, 3.05) is 20.1 Å². The summed E-state index contributed by atoms with van der Waals surface area (Å²) in [5.74, 6) is -0.129. The highest BCUT2D eigenvalue weighted by molar-refractivity contribution is 5.91. The highest BCUT2D eigenvalue weighted by Gasteiger charge is 2.06. The maximum Gasteiger partial charge on any atom is 0.271 e. The Kier molecular flexibility index (Phi) is 3.45. The summed E-state index contributed by atoms with van der Waals surface area (Å²) in [6, 6.07) is 0. The van der Waals surface area contributed by atoms with Crippen LogP contribution in [0.2, 0.25) is 0 Å². The first-order valence-electron chi connectivity index (χ1n) is 4.15. The molecule has 0 bridgehead atoms. The molecule has 1 aromatic rings. The zero-order valence-corrected chi connectivity index (χ0v) is 7.87. The third-order valence-electron chi connectivity index (χ3n) is 1.60. The number of aryl methyl sites for hydroxylation is 1. The molecule has 5 heteroatoms. The highest BCUT2D eigenvalue weighted by atomic mass is 16.1. The maximum absolute atomic E-state index is 11.3. The molecular formula is C8H14N4O. The number of hydrogen-bond donors (Lipinski definition) is 2. The smallest absolute Gasteiger partial charge is 0.271 e. The van der Waals surface area contributed by atoms with Crippen molar-refractivity contribution < 1.29 is 4.79 Å². The van der Waals surface area contributed by atoms with E-state index in [1.165, 1.54) is 0 Å². The normalized spacial score (nSPS) is 10.0. The van der Waals surface area contributed by atoms with Crippen LogP contribution in [0, 0.1) is 0 Å². The van der Waals surface area contributed by atoms with E-state index < -0.39 is 0 Å². The van der Waals surface area contributed by atoms with Crippen LogP contribution in [0.3, 0.4) is 0 Å². The second-order valence-corrected chi connectivity index (χ2v) is 2.78. The van der Waals surface area contributed by atoms with Gasteiger partial charge in [-0.15, -0.1) is 0 Å². The number of nitrogens with one attached hydrogen (secondary N) is 2. The number of likely N-dealkylation sites (N-methyl/N-ethyl adjacent to an activating group) is 1. The molecule has 0 aliphatic heterocycles. The van der Waals surface area contributed by atoms with E-state index in [1.807, 2.05) is 14.1 Å². The second-order valence-electron chi connectivity index (χ2n) is 2.78. The van der Waals surface area contributed by atoms with E-state index in [0.29, 0.717) is 12.2 Å². The Bertz CT molecular complexity index is 281. The van der Waals surface area contributed by atoms with Crippen molar-refractivity contribution in [3.05, 3.63) is 18.2 Å². The molecule has 0 fully saturated rings. The fourth-order valence-electron chi connectivity index (χ4n) is 0.922. The molecule has 0 saturated carbocycles. The molecule has 0 aliphatic carbocycles. The average molecular weight is 182 g/mol. The number of carbonyl (C=O) groups excluding carboxylic acids is 1. The lowest BCUT2D eigenvalue weighted by Crippen LogP contribution is -2.30. The highest BCUT2D eigenvalue weighted by Crippen LogP contribution is 1.92. The summed E-state index contributed by atoms with van der Waals surface area (Å²) < 4.78 is 1.74. The Morgan fingerprint density at radius 2 is 2.38 bits per heavy atom. The van der Waals surface area contributed by atoms with Crippen LogP contribution in [-0.2, 0) is 7.05 Å². The summed E-state index contributed by atoms with van der Waals surface area (Å²) in [4.78, 5) is 15.2. The molecular weight excluding hydrogens is 168 g/mol. The summed E-state index contributed by atoms with van der Waals surface area (Å²) in [5.41, 5.74) is 0.457. The molecule has 72 valence electrons. The van der Waals surface area contributed by atoms with E-state index in [4.69, 9.17) is 0 Å². The zero-order chi connectivity index (χ0) is 9.68. The molecule has 0 spiro atoms. The molecule has 13 heavy (non-hydrogen) atoms. The van der Waals surface area contributed by atoms with Crippen LogP contribution in [0.25, 0.3) is 0 Å². The van der Waals surface area contributed by atoms with E-state index in [1.54, 1.807) is 17.1 Å². The lowest BCUT2D eigenvalue weighted by Gasteiger charge is -2.00. The number of rotatable bonds is 4. The van der Waals surface area contributed by atoms with Gasteiger partial charge in [-0.25, -0.2) is 4.98 Å². The molecule has 0 atom stereocenters. The van der Waals surface area contributed by atoms with Gasteiger partial charge in [0.25, 0.3) is 5.91 Å². The minimum atomic E-state index is -0.129. The van der Waals surface area contributed by atoms with Gasteiger partial charge in [0.05, 0.1) is 6.33 Å². The Balaban J connectivity index is 2.40. The lowest BCUT2D eigenvalue weighted by molar-refractivity contribution is 0.0949. The van der Waals surface area contributed by atoms with Crippen molar-refractivity contribution in [2.45, 2.75) is 0 Å². The van der Waals surface area contributed by atoms with E-state index >= 15 is 0 Å². The molecule has 0 aromatic carbocycles. The maximum atomic E-state index is 11.3. The molecule has 2 N–H and O–H groups in total. The predicted molar refractivity (Wildman–Crippen MR) is 49.5 cm³/mol. The Hall–Kier alpha value is -1.36. The number of nitrogens with zero attached hydrogens (tertiary/aromatic N) is 2. The number of hydrogen-bond acceptors (Lipinski definition) is 3. The molecule has 0 aliphatic rings. The van der Waals surface area contributed by atoms with Crippen LogP contribution in [-0.4, -0.2) is 35.6 Å². The lowest BCUT2D eigenvalue weighted by atomic mass is 10.4. The third-order valence-corrected chi connectivity index (χ3v) is 1.60. The third kappa shape index (κ3) is 2.87. The van der Waals surface area contributed by atoms with Gasteiger partial charge in [0.1, 0.15) is 5.69 Å². The van der Waals surface area contributed by atoms with Gasteiger partial charge in [0, 0.05) is 26.3 Å². The van der Waals surface area contributed by atoms with Crippen molar-refractivity contribution in [1.29, 1.82) is 0 Å². The number of aromatic nitrogens is 2. The number of carbonyl (C=O) groups is 1. The molecule has 1 amide bonds. The minimum absolute atomic E-state index is 0.129. The van der Waals surface area contributed by atoms with E-state index in [9.17, 15) is 4.79 Å². The van der Waals surface area contributed by atoms with Gasteiger partial charge in [0.2, 0.25) is 0 Å². The van der Waals surface area contributed by atoms with Crippen molar-refractivity contribution in [2.24, 2.45) is 7.05 Å². The van der Waals surface area contributed by atoms with E-state index in [-0.39, 0.29) is 5.91 Å². The van der Waals surface area contributed by atoms with Crippen LogP contribution in [0.5, 0.6) is 0 Å². The monoisotopic (exact) mass is 182 g/mol. The van der Waals surface area contributed by atoms with Crippen LogP contribution >= 0.6 is 0 Å². The van der Waals surface area contributed by atoms with Gasteiger partial charge < -0.3 is 15.2 Å². The molecule has 0 radical (unpaired) electrons. The first-order chi connectivity index (χ1) is 6.24. The Morgan fingerprint density at radius 1 is 1.62 bits per heavy atom. The first-order valence-corrected chi connectivity index (χ1v) is 4.15. The molecule has 5 nitrogen and oxygen atoms in total. The quantitative estimate of drug-likeness (QED) is 0.609.